The molecule has 0 aromatic heterocycles. The third-order valence-electron chi connectivity index (χ3n) is 3.70. The molecule has 3 nitrogen and oxygen atoms in total. The normalized spacial score (nSPS) is 24.0. The van der Waals surface area contributed by atoms with E-state index >= 15 is 0 Å². The van der Waals surface area contributed by atoms with Gasteiger partial charge < -0.3 is 15.5 Å². The summed E-state index contributed by atoms with van der Waals surface area (Å²) in [5.41, 5.74) is 0. The number of hydrogen-bond acceptors (Lipinski definition) is 3. The molecule has 2 rings (SSSR count). The molecule has 0 radical (unpaired) electrons. The molecule has 0 amide bonds. The fraction of sp³-hybridized carbons (Fsp3) is 1.00. The van der Waals surface area contributed by atoms with Crippen LogP contribution in [-0.4, -0.2) is 50.7 Å². The van der Waals surface area contributed by atoms with Crippen molar-refractivity contribution in [2.24, 2.45) is 5.92 Å². The van der Waals surface area contributed by atoms with Crippen molar-refractivity contribution in [1.29, 1.82) is 0 Å². The Morgan fingerprint density at radius 3 is 2.67 bits per heavy atom. The molecule has 88 valence electrons. The zero-order valence-corrected chi connectivity index (χ0v) is 9.80. The van der Waals surface area contributed by atoms with Crippen molar-refractivity contribution >= 4 is 0 Å². The summed E-state index contributed by atoms with van der Waals surface area (Å²) in [5.74, 6) is 1.00. The van der Waals surface area contributed by atoms with Crippen molar-refractivity contribution in [1.82, 2.24) is 15.5 Å². The lowest BCUT2D eigenvalue weighted by Crippen LogP contribution is -2.44. The first kappa shape index (κ1) is 11.4. The summed E-state index contributed by atoms with van der Waals surface area (Å²) < 4.78 is 0. The van der Waals surface area contributed by atoms with Crippen molar-refractivity contribution in [3.05, 3.63) is 0 Å². The molecule has 0 bridgehead atoms. The van der Waals surface area contributed by atoms with Crippen LogP contribution in [0.1, 0.15) is 25.7 Å². The van der Waals surface area contributed by atoms with E-state index in [-0.39, 0.29) is 0 Å². The van der Waals surface area contributed by atoms with E-state index in [4.69, 9.17) is 0 Å². The number of hydrogen-bond donors (Lipinski definition) is 2. The highest BCUT2D eigenvalue weighted by atomic mass is 15.2. The van der Waals surface area contributed by atoms with Crippen LogP contribution in [0.5, 0.6) is 0 Å². The Kier molecular flexibility index (Phi) is 4.90. The summed E-state index contributed by atoms with van der Waals surface area (Å²) in [5, 5.41) is 6.97. The second-order valence-corrected chi connectivity index (χ2v) is 4.95. The molecular weight excluding hydrogens is 186 g/mol. The van der Waals surface area contributed by atoms with Gasteiger partial charge in [0.2, 0.25) is 0 Å². The van der Waals surface area contributed by atoms with E-state index in [0.29, 0.717) is 0 Å². The van der Waals surface area contributed by atoms with E-state index in [1.165, 1.54) is 71.5 Å². The van der Waals surface area contributed by atoms with Crippen LogP contribution in [0.3, 0.4) is 0 Å². The zero-order valence-electron chi connectivity index (χ0n) is 9.80. The van der Waals surface area contributed by atoms with Crippen molar-refractivity contribution in [3.63, 3.8) is 0 Å². The molecule has 1 saturated carbocycles. The molecule has 2 fully saturated rings. The predicted octanol–water partition coefficient (Wildman–Crippen LogP) is 0.671. The van der Waals surface area contributed by atoms with Crippen LogP contribution in [0.4, 0.5) is 0 Å². The topological polar surface area (TPSA) is 27.3 Å². The van der Waals surface area contributed by atoms with E-state index in [1.807, 2.05) is 0 Å². The lowest BCUT2D eigenvalue weighted by atomic mass is 9.85. The third-order valence-corrected chi connectivity index (χ3v) is 3.70. The third kappa shape index (κ3) is 4.09. The molecule has 3 heteroatoms. The first-order valence-corrected chi connectivity index (χ1v) is 6.59. The highest BCUT2D eigenvalue weighted by Crippen LogP contribution is 2.24. The molecule has 0 aromatic carbocycles. The summed E-state index contributed by atoms with van der Waals surface area (Å²) in [6.07, 6.45) is 5.70. The van der Waals surface area contributed by atoms with Crippen LogP contribution in [0.25, 0.3) is 0 Å². The van der Waals surface area contributed by atoms with Crippen LogP contribution in [-0.2, 0) is 0 Å². The number of piperazine rings is 1. The SMILES string of the molecule is C1CC(CNCCCN2CCNCC2)C1. The lowest BCUT2D eigenvalue weighted by Gasteiger charge is -2.28. The minimum atomic E-state index is 1.00. The summed E-state index contributed by atoms with van der Waals surface area (Å²) in [6.45, 7) is 8.58. The maximum Gasteiger partial charge on any atom is 0.0107 e. The van der Waals surface area contributed by atoms with Gasteiger partial charge in [0, 0.05) is 26.2 Å². The first-order valence-electron chi connectivity index (χ1n) is 6.59. The lowest BCUT2D eigenvalue weighted by molar-refractivity contribution is 0.235. The molecule has 1 saturated heterocycles. The van der Waals surface area contributed by atoms with Crippen LogP contribution in [0, 0.1) is 5.92 Å². The number of nitrogens with zero attached hydrogens (tertiary/aromatic N) is 1. The molecule has 0 unspecified atom stereocenters. The molecular formula is C12H25N3. The molecule has 1 heterocycles. The van der Waals surface area contributed by atoms with Crippen molar-refractivity contribution in [2.45, 2.75) is 25.7 Å². The average Bonchev–Trinajstić information content (AvgIpc) is 2.22. The molecule has 1 aliphatic carbocycles. The standard InChI is InChI=1S/C12H25N3/c1-3-12(4-1)11-14-5-2-8-15-9-6-13-7-10-15/h12-14H,1-11H2. The first-order chi connectivity index (χ1) is 7.45. The predicted molar refractivity (Wildman–Crippen MR) is 64.1 cm³/mol. The molecule has 0 aromatic rings. The van der Waals surface area contributed by atoms with E-state index in [9.17, 15) is 0 Å². The van der Waals surface area contributed by atoms with Gasteiger partial charge in [-0.2, -0.15) is 0 Å². The van der Waals surface area contributed by atoms with Gasteiger partial charge in [0.15, 0.2) is 0 Å². The quantitative estimate of drug-likeness (QED) is 0.632. The Bertz CT molecular complexity index is 162. The fourth-order valence-corrected chi connectivity index (χ4v) is 2.37. The summed E-state index contributed by atoms with van der Waals surface area (Å²) in [7, 11) is 0. The van der Waals surface area contributed by atoms with Crippen LogP contribution in [0.2, 0.25) is 0 Å². The maximum atomic E-state index is 3.58. The summed E-state index contributed by atoms with van der Waals surface area (Å²) in [4.78, 5) is 2.57. The van der Waals surface area contributed by atoms with Crippen LogP contribution in [0.15, 0.2) is 0 Å². The van der Waals surface area contributed by atoms with Gasteiger partial charge in [-0.05, 0) is 44.8 Å². The number of rotatable bonds is 6. The monoisotopic (exact) mass is 211 g/mol. The minimum Gasteiger partial charge on any atom is -0.316 e. The Balaban J connectivity index is 1.40. The van der Waals surface area contributed by atoms with E-state index < -0.39 is 0 Å². The Morgan fingerprint density at radius 1 is 1.20 bits per heavy atom. The Hall–Kier alpha value is -0.120. The zero-order chi connectivity index (χ0) is 10.3. The molecule has 0 atom stereocenters. The average molecular weight is 211 g/mol. The van der Waals surface area contributed by atoms with E-state index in [0.717, 1.165) is 5.92 Å². The number of nitrogens with one attached hydrogen (secondary N) is 2. The molecule has 0 spiro atoms. The maximum absolute atomic E-state index is 3.58. The smallest absolute Gasteiger partial charge is 0.0107 e. The van der Waals surface area contributed by atoms with Crippen LogP contribution < -0.4 is 10.6 Å². The van der Waals surface area contributed by atoms with Crippen molar-refractivity contribution in [2.75, 3.05) is 45.8 Å². The van der Waals surface area contributed by atoms with E-state index in [2.05, 4.69) is 15.5 Å². The van der Waals surface area contributed by atoms with Gasteiger partial charge in [-0.25, -0.2) is 0 Å². The molecule has 2 aliphatic rings. The van der Waals surface area contributed by atoms with Crippen molar-refractivity contribution < 1.29 is 0 Å². The molecule has 15 heavy (non-hydrogen) atoms. The Morgan fingerprint density at radius 2 is 2.00 bits per heavy atom. The van der Waals surface area contributed by atoms with Gasteiger partial charge in [0.1, 0.15) is 0 Å². The molecule has 1 aliphatic heterocycles. The summed E-state index contributed by atoms with van der Waals surface area (Å²) in [6, 6.07) is 0. The van der Waals surface area contributed by atoms with Gasteiger partial charge in [-0.15, -0.1) is 0 Å². The Labute approximate surface area is 93.6 Å². The fourth-order valence-electron chi connectivity index (χ4n) is 2.37. The van der Waals surface area contributed by atoms with Crippen molar-refractivity contribution in [3.8, 4) is 0 Å². The van der Waals surface area contributed by atoms with Gasteiger partial charge in [-0.3, -0.25) is 0 Å². The second kappa shape index (κ2) is 6.46. The largest absolute Gasteiger partial charge is 0.316 e. The van der Waals surface area contributed by atoms with Crippen LogP contribution >= 0.6 is 0 Å². The van der Waals surface area contributed by atoms with E-state index in [1.54, 1.807) is 0 Å². The summed E-state index contributed by atoms with van der Waals surface area (Å²) >= 11 is 0. The molecule has 2 N–H and O–H groups in total. The highest BCUT2D eigenvalue weighted by molar-refractivity contribution is 4.72. The van der Waals surface area contributed by atoms with Gasteiger partial charge in [0.05, 0.1) is 0 Å². The van der Waals surface area contributed by atoms with Gasteiger partial charge in [0.25, 0.3) is 0 Å². The second-order valence-electron chi connectivity index (χ2n) is 4.95. The van der Waals surface area contributed by atoms with Gasteiger partial charge >= 0.3 is 0 Å². The van der Waals surface area contributed by atoms with Gasteiger partial charge in [-0.1, -0.05) is 6.42 Å². The minimum absolute atomic E-state index is 1.00. The highest BCUT2D eigenvalue weighted by Gasteiger charge is 2.16.